The van der Waals surface area contributed by atoms with Gasteiger partial charge >= 0.3 is 5.97 Å². The summed E-state index contributed by atoms with van der Waals surface area (Å²) in [6.07, 6.45) is 74.1. The first-order valence-electron chi connectivity index (χ1n) is 31.9. The minimum atomic E-state index is -4.70. The average molecular weight is 1100 g/mol. The Hall–Kier alpha value is -2.81. The van der Waals surface area contributed by atoms with Crippen molar-refractivity contribution in [3.63, 3.8) is 0 Å². The molecule has 0 rings (SSSR count). The number of ether oxygens (including phenoxy) is 1. The van der Waals surface area contributed by atoms with Gasteiger partial charge in [-0.2, -0.15) is 0 Å². The number of rotatable bonds is 57. The van der Waals surface area contributed by atoms with E-state index in [4.69, 9.17) is 13.8 Å². The summed E-state index contributed by atoms with van der Waals surface area (Å²) in [6.45, 7) is 6.68. The van der Waals surface area contributed by atoms with Crippen molar-refractivity contribution < 1.29 is 37.3 Å². The molecule has 0 radical (unpaired) electrons. The lowest BCUT2D eigenvalue weighted by atomic mass is 10.0. The van der Waals surface area contributed by atoms with Gasteiger partial charge in [-0.25, -0.2) is 0 Å². The van der Waals surface area contributed by atoms with Crippen molar-refractivity contribution in [2.24, 2.45) is 0 Å². The maximum Gasteiger partial charge on any atom is 0.306 e. The Bertz CT molecular complexity index is 1590. The minimum Gasteiger partial charge on any atom is -0.756 e. The largest absolute Gasteiger partial charge is 0.756 e. The molecular formula is C67H121N2O7P. The summed E-state index contributed by atoms with van der Waals surface area (Å²) in [7, 11) is 1.17. The van der Waals surface area contributed by atoms with Crippen LogP contribution in [-0.4, -0.2) is 69.4 Å². The van der Waals surface area contributed by atoms with E-state index in [0.717, 1.165) is 89.9 Å². The third-order valence-electron chi connectivity index (χ3n) is 13.9. The van der Waals surface area contributed by atoms with Gasteiger partial charge in [-0.1, -0.05) is 260 Å². The van der Waals surface area contributed by atoms with E-state index in [2.05, 4.69) is 99.0 Å². The van der Waals surface area contributed by atoms with E-state index in [1.165, 1.54) is 148 Å². The number of amides is 1. The minimum absolute atomic E-state index is 0.0277. The van der Waals surface area contributed by atoms with Crippen molar-refractivity contribution in [2.75, 3.05) is 40.9 Å². The molecule has 9 nitrogen and oxygen atoms in total. The Morgan fingerprint density at radius 2 is 0.883 bits per heavy atom. The number of phosphoric acid groups is 1. The van der Waals surface area contributed by atoms with Gasteiger partial charge in [0.15, 0.2) is 0 Å². The highest BCUT2D eigenvalue weighted by Gasteiger charge is 2.27. The van der Waals surface area contributed by atoms with Gasteiger partial charge in [0.1, 0.15) is 19.3 Å². The predicted octanol–water partition coefficient (Wildman–Crippen LogP) is 19.1. The number of carbonyl (C=O) groups excluding carboxylic acids is 2. The van der Waals surface area contributed by atoms with Crippen LogP contribution in [0.2, 0.25) is 0 Å². The predicted molar refractivity (Wildman–Crippen MR) is 330 cm³/mol. The number of esters is 1. The van der Waals surface area contributed by atoms with Crippen LogP contribution in [0.1, 0.15) is 278 Å². The number of unbranched alkanes of at least 4 members (excludes halogenated alkanes) is 31. The van der Waals surface area contributed by atoms with Gasteiger partial charge < -0.3 is 28.5 Å². The van der Waals surface area contributed by atoms with Gasteiger partial charge in [0.2, 0.25) is 5.91 Å². The van der Waals surface area contributed by atoms with Crippen LogP contribution in [0.5, 0.6) is 0 Å². The summed E-state index contributed by atoms with van der Waals surface area (Å²) < 4.78 is 30.3. The summed E-state index contributed by atoms with van der Waals surface area (Å²) in [5.74, 6) is -0.557. The quantitative estimate of drug-likeness (QED) is 0.0161. The standard InChI is InChI=1S/C67H121N2O7P/c1-7-10-13-16-19-22-25-27-29-30-31-32-33-34-35-36-37-38-40-41-44-47-50-53-56-59-66(70)68-64(63-75-77(72,73)74-62-61-69(4,5)6)65(58-55-52-49-46-43-24-21-18-15-12-9-3)76-67(71)60-57-54-51-48-45-42-39-28-26-23-20-17-14-11-8-2/h11,14,17,19-20,22-23,26-27,29,31-32,55,58,64-65H,7-10,12-13,15-16,18,21,24-25,28,30,33-54,56-57,59-63H2,1-6H3,(H-,68,70,72,73)/b14-11+,20-17+,22-19-,26-23+,29-27-,32-31-,58-55-. The highest BCUT2D eigenvalue weighted by atomic mass is 31.2. The summed E-state index contributed by atoms with van der Waals surface area (Å²) in [5, 5.41) is 3.03. The zero-order valence-electron chi connectivity index (χ0n) is 50.9. The molecule has 3 unspecified atom stereocenters. The van der Waals surface area contributed by atoms with Crippen molar-refractivity contribution in [3.8, 4) is 0 Å². The summed E-state index contributed by atoms with van der Waals surface area (Å²) in [5.41, 5.74) is 0. The molecule has 1 N–H and O–H groups in total. The van der Waals surface area contributed by atoms with Crippen LogP contribution in [0.25, 0.3) is 0 Å². The van der Waals surface area contributed by atoms with Crippen LogP contribution in [-0.2, 0) is 27.9 Å². The number of hydrogen-bond acceptors (Lipinski definition) is 7. The molecule has 0 aliphatic carbocycles. The first kappa shape index (κ1) is 74.2. The topological polar surface area (TPSA) is 114 Å². The van der Waals surface area contributed by atoms with Crippen LogP contribution >= 0.6 is 7.82 Å². The summed E-state index contributed by atoms with van der Waals surface area (Å²) >= 11 is 0. The SMILES string of the molecule is CC/C=C/C=C/C=C/CCCCCCCCCC(=O)OC(/C=C\CCCCCCCCCCC)C(COP(=O)([O-])OCC[N+](C)(C)C)NC(=O)CCCCCCCCCCCCCC/C=C\C/C=C\C/C=C\CCCCC. The second kappa shape index (κ2) is 56.5. The van der Waals surface area contributed by atoms with Gasteiger partial charge in [-0.05, 0) is 89.5 Å². The molecule has 0 aromatic rings. The van der Waals surface area contributed by atoms with Gasteiger partial charge in [-0.3, -0.25) is 14.2 Å². The molecule has 77 heavy (non-hydrogen) atoms. The van der Waals surface area contributed by atoms with Crippen LogP contribution in [0.15, 0.2) is 85.1 Å². The zero-order valence-corrected chi connectivity index (χ0v) is 51.8. The molecule has 0 aromatic heterocycles. The van der Waals surface area contributed by atoms with E-state index in [1.54, 1.807) is 0 Å². The van der Waals surface area contributed by atoms with Crippen LogP contribution in [0.4, 0.5) is 0 Å². The molecule has 10 heteroatoms. The van der Waals surface area contributed by atoms with E-state index in [-0.39, 0.29) is 24.9 Å². The molecule has 0 heterocycles. The van der Waals surface area contributed by atoms with E-state index >= 15 is 0 Å². The molecule has 0 aliphatic heterocycles. The molecule has 1 amide bonds. The zero-order chi connectivity index (χ0) is 56.4. The lowest BCUT2D eigenvalue weighted by Gasteiger charge is -2.30. The fraction of sp³-hybridized carbons (Fsp3) is 0.761. The fourth-order valence-electron chi connectivity index (χ4n) is 8.94. The number of nitrogens with one attached hydrogen (secondary N) is 1. The van der Waals surface area contributed by atoms with Crippen molar-refractivity contribution in [1.29, 1.82) is 0 Å². The van der Waals surface area contributed by atoms with Gasteiger partial charge in [-0.15, -0.1) is 0 Å². The second-order valence-corrected chi connectivity index (χ2v) is 24.0. The van der Waals surface area contributed by atoms with Crippen molar-refractivity contribution >= 4 is 19.7 Å². The Morgan fingerprint density at radius 3 is 1.38 bits per heavy atom. The average Bonchev–Trinajstić information content (AvgIpc) is 3.39. The summed E-state index contributed by atoms with van der Waals surface area (Å²) in [4.78, 5) is 40.0. The van der Waals surface area contributed by atoms with E-state index < -0.39 is 26.6 Å². The van der Waals surface area contributed by atoms with E-state index in [0.29, 0.717) is 23.9 Å². The maximum atomic E-state index is 13.5. The summed E-state index contributed by atoms with van der Waals surface area (Å²) in [6, 6.07) is -0.897. The van der Waals surface area contributed by atoms with Gasteiger partial charge in [0.05, 0.1) is 33.8 Å². The molecule has 3 atom stereocenters. The number of phosphoric ester groups is 1. The fourth-order valence-corrected chi connectivity index (χ4v) is 9.66. The van der Waals surface area contributed by atoms with E-state index in [1.807, 2.05) is 33.3 Å². The number of allylic oxidation sites excluding steroid dienone is 13. The molecule has 0 aliphatic rings. The highest BCUT2D eigenvalue weighted by Crippen LogP contribution is 2.38. The molecular weight excluding hydrogens is 976 g/mol. The molecule has 0 fully saturated rings. The van der Waals surface area contributed by atoms with Crippen molar-refractivity contribution in [2.45, 2.75) is 290 Å². The van der Waals surface area contributed by atoms with Crippen molar-refractivity contribution in [3.05, 3.63) is 85.1 Å². The lowest BCUT2D eigenvalue weighted by molar-refractivity contribution is -0.870. The molecule has 0 saturated heterocycles. The lowest BCUT2D eigenvalue weighted by Crippen LogP contribution is -2.47. The smallest absolute Gasteiger partial charge is 0.306 e. The Morgan fingerprint density at radius 1 is 0.481 bits per heavy atom. The number of quaternary nitrogens is 1. The first-order chi connectivity index (χ1) is 37.4. The highest BCUT2D eigenvalue weighted by molar-refractivity contribution is 7.45. The van der Waals surface area contributed by atoms with Crippen LogP contribution in [0.3, 0.4) is 0 Å². The Labute approximate surface area is 476 Å². The molecule has 446 valence electrons. The number of hydrogen-bond donors (Lipinski definition) is 1. The van der Waals surface area contributed by atoms with Gasteiger partial charge in [0, 0.05) is 12.8 Å². The van der Waals surface area contributed by atoms with Crippen LogP contribution in [0, 0.1) is 0 Å². The van der Waals surface area contributed by atoms with Crippen molar-refractivity contribution in [1.82, 2.24) is 5.32 Å². The number of likely N-dealkylation sites (N-methyl/N-ethyl adjacent to an activating group) is 1. The number of carbonyl (C=O) groups is 2. The molecule has 0 bridgehead atoms. The first-order valence-corrected chi connectivity index (χ1v) is 33.4. The monoisotopic (exact) mass is 1100 g/mol. The third kappa shape index (κ3) is 57.7. The maximum absolute atomic E-state index is 13.5. The molecule has 0 saturated carbocycles. The third-order valence-corrected chi connectivity index (χ3v) is 14.8. The Balaban J connectivity index is 5.10. The number of nitrogens with zero attached hydrogens (tertiary/aromatic N) is 1. The molecule has 0 spiro atoms. The second-order valence-electron chi connectivity index (χ2n) is 22.6. The van der Waals surface area contributed by atoms with Crippen LogP contribution < -0.4 is 10.2 Å². The Kier molecular flexibility index (Phi) is 54.4. The molecule has 0 aromatic carbocycles. The van der Waals surface area contributed by atoms with Gasteiger partial charge in [0.25, 0.3) is 7.82 Å². The normalized spacial score (nSPS) is 14.2. The van der Waals surface area contributed by atoms with E-state index in [9.17, 15) is 19.0 Å².